The highest BCUT2D eigenvalue weighted by Crippen LogP contribution is 2.55. The molecule has 1 heterocycles. The molecule has 0 unspecified atom stereocenters. The van der Waals surface area contributed by atoms with Crippen molar-refractivity contribution in [1.82, 2.24) is 0 Å². The van der Waals surface area contributed by atoms with E-state index in [2.05, 4.69) is 22.6 Å². The lowest BCUT2D eigenvalue weighted by atomic mass is 9.59. The first kappa shape index (κ1) is 23.1. The zero-order chi connectivity index (χ0) is 25.3. The second kappa shape index (κ2) is 8.37. The molecule has 2 aromatic rings. The Bertz CT molecular complexity index is 1460. The van der Waals surface area contributed by atoms with E-state index in [0.717, 1.165) is 9.14 Å². The van der Waals surface area contributed by atoms with Gasteiger partial charge < -0.3 is 5.11 Å². The Kier molecular flexibility index (Phi) is 5.37. The number of allylic oxidation sites excluding steroid dienone is 6. The predicted molar refractivity (Wildman–Crippen MR) is 141 cm³/mol. The molecule has 0 spiro atoms. The normalized spacial score (nSPS) is 27.4. The number of hydrogen-bond acceptors (Lipinski definition) is 5. The number of carbonyl (C=O) groups is 4. The van der Waals surface area contributed by atoms with Gasteiger partial charge in [-0.3, -0.25) is 24.1 Å². The fourth-order valence-electron chi connectivity index (χ4n) is 6.31. The van der Waals surface area contributed by atoms with Crippen molar-refractivity contribution in [2.45, 2.75) is 25.7 Å². The number of aromatic hydroxyl groups is 1. The zero-order valence-corrected chi connectivity index (χ0v) is 21.6. The number of imide groups is 1. The Morgan fingerprint density at radius 2 is 1.72 bits per heavy atom. The van der Waals surface area contributed by atoms with E-state index in [-0.39, 0.29) is 41.5 Å². The number of hydrogen-bond donors (Lipinski definition) is 1. The second-order valence-electron chi connectivity index (χ2n) is 9.81. The maximum absolute atomic E-state index is 13.8. The fraction of sp³-hybridized carbons (Fsp3) is 0.241. The molecule has 6 nitrogen and oxygen atoms in total. The molecular weight excluding hydrogens is 569 g/mol. The summed E-state index contributed by atoms with van der Waals surface area (Å²) in [5, 5.41) is 10.2. The lowest BCUT2D eigenvalue weighted by Crippen LogP contribution is -2.39. The molecule has 1 aliphatic heterocycles. The molecule has 3 aliphatic carbocycles. The third-order valence-electron chi connectivity index (χ3n) is 7.85. The van der Waals surface area contributed by atoms with Crippen molar-refractivity contribution in [3.8, 4) is 5.75 Å². The van der Waals surface area contributed by atoms with E-state index in [1.807, 2.05) is 24.3 Å². The largest absolute Gasteiger partial charge is 0.508 e. The Labute approximate surface area is 221 Å². The van der Waals surface area contributed by atoms with Crippen LogP contribution in [0.1, 0.15) is 31.2 Å². The van der Waals surface area contributed by atoms with Gasteiger partial charge >= 0.3 is 0 Å². The molecule has 1 fully saturated rings. The molecule has 0 bridgehead atoms. The summed E-state index contributed by atoms with van der Waals surface area (Å²) in [6.07, 6.45) is 3.99. The summed E-state index contributed by atoms with van der Waals surface area (Å²) in [6, 6.07) is 14.0. The lowest BCUT2D eigenvalue weighted by Gasteiger charge is -2.42. The van der Waals surface area contributed by atoms with Gasteiger partial charge in [0.15, 0.2) is 11.6 Å². The molecule has 1 saturated heterocycles. The molecule has 0 saturated carbocycles. The number of phenols is 1. The number of anilines is 1. The third-order valence-corrected chi connectivity index (χ3v) is 8.57. The summed E-state index contributed by atoms with van der Waals surface area (Å²) in [6.45, 7) is 1.63. The minimum atomic E-state index is -0.611. The molecule has 0 radical (unpaired) electrons. The van der Waals surface area contributed by atoms with E-state index in [0.29, 0.717) is 34.4 Å². The third kappa shape index (κ3) is 3.36. The first-order valence-electron chi connectivity index (χ1n) is 11.9. The van der Waals surface area contributed by atoms with Crippen LogP contribution in [0.2, 0.25) is 0 Å². The van der Waals surface area contributed by atoms with Gasteiger partial charge in [0.25, 0.3) is 0 Å². The monoisotopic (exact) mass is 591 g/mol. The maximum Gasteiger partial charge on any atom is 0.238 e. The molecule has 2 amide bonds. The van der Waals surface area contributed by atoms with Crippen molar-refractivity contribution in [1.29, 1.82) is 0 Å². The van der Waals surface area contributed by atoms with E-state index in [9.17, 15) is 24.3 Å². The highest BCUT2D eigenvalue weighted by Gasteiger charge is 2.56. The highest BCUT2D eigenvalue weighted by atomic mass is 127. The molecule has 180 valence electrons. The fourth-order valence-corrected chi connectivity index (χ4v) is 6.67. The lowest BCUT2D eigenvalue weighted by molar-refractivity contribution is -0.123. The molecule has 1 N–H and O–H groups in total. The summed E-state index contributed by atoms with van der Waals surface area (Å²) in [4.78, 5) is 55.1. The number of amides is 2. The molecule has 4 aliphatic rings. The molecule has 2 aromatic carbocycles. The Morgan fingerprint density at radius 1 is 0.972 bits per heavy atom. The summed E-state index contributed by atoms with van der Waals surface area (Å²) in [5.41, 5.74) is 3.33. The SMILES string of the molecule is CC1=CC(=O)C2=C(C[C@@H]3C(=CC[C@@H]4C(=O)N(c5ccc(I)cc5)C(=O)[C@@H]43)[C@@H]2c2cccc(O)c2)C1=O. The number of phenolic OH excluding ortho intramolecular Hbond substituents is 1. The average Bonchev–Trinajstić information content (AvgIpc) is 3.12. The number of benzene rings is 2. The van der Waals surface area contributed by atoms with Gasteiger partial charge in [0.1, 0.15) is 5.75 Å². The number of nitrogens with zero attached hydrogens (tertiary/aromatic N) is 1. The standard InChI is InChI=1S/C29H22INO5/c1-14-11-23(33)26-22(27(14)34)13-21-19(24(26)15-3-2-4-18(32)12-15)9-10-20-25(21)29(36)31(28(20)35)17-7-5-16(30)6-8-17/h2-9,11-12,20-21,24-25,32H,10,13H2,1H3/t20-,21+,24-,25-/m0/s1. The Morgan fingerprint density at radius 3 is 2.44 bits per heavy atom. The summed E-state index contributed by atoms with van der Waals surface area (Å²) in [7, 11) is 0. The van der Waals surface area contributed by atoms with Crippen LogP contribution in [0, 0.1) is 21.3 Å². The van der Waals surface area contributed by atoms with E-state index in [4.69, 9.17) is 0 Å². The van der Waals surface area contributed by atoms with E-state index >= 15 is 0 Å². The van der Waals surface area contributed by atoms with Crippen LogP contribution in [-0.2, 0) is 19.2 Å². The predicted octanol–water partition coefficient (Wildman–Crippen LogP) is 4.63. The number of carbonyl (C=O) groups excluding carboxylic acids is 4. The molecule has 36 heavy (non-hydrogen) atoms. The van der Waals surface area contributed by atoms with Crippen LogP contribution in [0.3, 0.4) is 0 Å². The van der Waals surface area contributed by atoms with Crippen LogP contribution in [0.4, 0.5) is 5.69 Å². The minimum absolute atomic E-state index is 0.0596. The van der Waals surface area contributed by atoms with Gasteiger partial charge in [-0.2, -0.15) is 0 Å². The Balaban J connectivity index is 1.48. The first-order valence-corrected chi connectivity index (χ1v) is 13.0. The molecule has 6 rings (SSSR count). The maximum atomic E-state index is 13.8. The van der Waals surface area contributed by atoms with Crippen molar-refractivity contribution in [3.63, 3.8) is 0 Å². The van der Waals surface area contributed by atoms with Gasteiger partial charge in [-0.1, -0.05) is 23.8 Å². The van der Waals surface area contributed by atoms with Crippen LogP contribution >= 0.6 is 22.6 Å². The van der Waals surface area contributed by atoms with Gasteiger partial charge in [-0.15, -0.1) is 0 Å². The molecular formula is C29H22INO5. The van der Waals surface area contributed by atoms with Gasteiger partial charge in [0, 0.05) is 26.2 Å². The summed E-state index contributed by atoms with van der Waals surface area (Å²) in [5.74, 6) is -2.90. The number of ketones is 2. The number of Topliss-reactive ketones (excluding diaryl/α,β-unsaturated/α-hetero) is 1. The van der Waals surface area contributed by atoms with Gasteiger partial charge in [0.2, 0.25) is 11.8 Å². The van der Waals surface area contributed by atoms with Crippen LogP contribution in [0.5, 0.6) is 5.75 Å². The number of halogens is 1. The number of fused-ring (bicyclic) bond motifs is 3. The smallest absolute Gasteiger partial charge is 0.238 e. The first-order chi connectivity index (χ1) is 17.3. The zero-order valence-electron chi connectivity index (χ0n) is 19.4. The van der Waals surface area contributed by atoms with Crippen molar-refractivity contribution >= 4 is 51.7 Å². The van der Waals surface area contributed by atoms with Crippen molar-refractivity contribution in [2.75, 3.05) is 4.90 Å². The van der Waals surface area contributed by atoms with E-state index in [1.54, 1.807) is 37.3 Å². The van der Waals surface area contributed by atoms with Crippen molar-refractivity contribution in [3.05, 3.63) is 92.1 Å². The van der Waals surface area contributed by atoms with Gasteiger partial charge in [0.05, 0.1) is 17.5 Å². The van der Waals surface area contributed by atoms with Crippen molar-refractivity contribution < 1.29 is 24.3 Å². The highest BCUT2D eigenvalue weighted by molar-refractivity contribution is 14.1. The van der Waals surface area contributed by atoms with E-state index < -0.39 is 17.8 Å². The van der Waals surface area contributed by atoms with E-state index in [1.165, 1.54) is 11.0 Å². The van der Waals surface area contributed by atoms with Crippen LogP contribution < -0.4 is 4.90 Å². The van der Waals surface area contributed by atoms with Gasteiger partial charge in [-0.25, -0.2) is 0 Å². The van der Waals surface area contributed by atoms with Crippen LogP contribution in [0.25, 0.3) is 0 Å². The molecule has 4 atom stereocenters. The number of rotatable bonds is 2. The topological polar surface area (TPSA) is 91.8 Å². The average molecular weight is 591 g/mol. The minimum Gasteiger partial charge on any atom is -0.508 e. The van der Waals surface area contributed by atoms with Crippen LogP contribution in [-0.4, -0.2) is 28.5 Å². The summed E-state index contributed by atoms with van der Waals surface area (Å²) >= 11 is 2.18. The van der Waals surface area contributed by atoms with Gasteiger partial charge in [-0.05, 0) is 96.3 Å². The second-order valence-corrected chi connectivity index (χ2v) is 11.1. The summed E-state index contributed by atoms with van der Waals surface area (Å²) < 4.78 is 1.00. The molecule has 7 heteroatoms. The van der Waals surface area contributed by atoms with Crippen LogP contribution in [0.15, 0.2) is 83.0 Å². The van der Waals surface area contributed by atoms with Crippen molar-refractivity contribution in [2.24, 2.45) is 17.8 Å². The molecule has 0 aromatic heterocycles. The quantitative estimate of drug-likeness (QED) is 0.238. The Hall–Kier alpha value is -3.33.